The zero-order valence-electron chi connectivity index (χ0n) is 32.7. The number of imidazole rings is 2. The SMILES string of the molecule is Clc1ccccc1C(c1ccccc1)(c1ccccc1)n1ccnc1.Clc1ccccc1C(c1ccccc1)(c1ccccc1)n1ccnc1.O=C(O)CCCCC(=O)O. The third kappa shape index (κ3) is 9.58. The molecule has 0 amide bonds. The molecule has 2 heterocycles. The van der Waals surface area contributed by atoms with E-state index in [2.05, 4.69) is 128 Å². The first-order chi connectivity index (χ1) is 29.3. The Bertz CT molecular complexity index is 2260. The van der Waals surface area contributed by atoms with Crippen LogP contribution in [0.4, 0.5) is 0 Å². The fourth-order valence-electron chi connectivity index (χ4n) is 7.52. The highest BCUT2D eigenvalue weighted by molar-refractivity contribution is 6.32. The van der Waals surface area contributed by atoms with E-state index in [0.717, 1.165) is 43.4 Å². The van der Waals surface area contributed by atoms with Crippen LogP contribution in [0.2, 0.25) is 10.0 Å². The summed E-state index contributed by atoms with van der Waals surface area (Å²) in [4.78, 5) is 28.4. The Morgan fingerprint density at radius 3 is 0.983 bits per heavy atom. The summed E-state index contributed by atoms with van der Waals surface area (Å²) in [5.41, 5.74) is 5.40. The predicted molar refractivity (Wildman–Crippen MR) is 237 cm³/mol. The number of carboxylic acid groups (broad SMARTS) is 2. The van der Waals surface area contributed by atoms with E-state index in [-0.39, 0.29) is 12.8 Å². The second-order valence-corrected chi connectivity index (χ2v) is 14.6. The van der Waals surface area contributed by atoms with Gasteiger partial charge in [0, 0.05) is 58.8 Å². The van der Waals surface area contributed by atoms with Gasteiger partial charge < -0.3 is 19.3 Å². The predicted octanol–water partition coefficient (Wildman–Crippen LogP) is 11.5. The lowest BCUT2D eigenvalue weighted by molar-refractivity contribution is -0.139. The quantitative estimate of drug-likeness (QED) is 0.0884. The minimum atomic E-state index is -0.870. The second kappa shape index (κ2) is 20.8. The number of halogens is 2. The molecule has 0 radical (unpaired) electrons. The summed E-state index contributed by atoms with van der Waals surface area (Å²) in [6, 6.07) is 57.7. The Morgan fingerprint density at radius 1 is 0.450 bits per heavy atom. The van der Waals surface area contributed by atoms with E-state index in [1.165, 1.54) is 0 Å². The molecule has 0 bridgehead atoms. The second-order valence-electron chi connectivity index (χ2n) is 13.8. The van der Waals surface area contributed by atoms with Crippen molar-refractivity contribution in [2.75, 3.05) is 0 Å². The molecule has 10 heteroatoms. The first-order valence-corrected chi connectivity index (χ1v) is 20.2. The van der Waals surface area contributed by atoms with Gasteiger partial charge in [0.05, 0.1) is 12.7 Å². The van der Waals surface area contributed by atoms with Crippen molar-refractivity contribution < 1.29 is 19.8 Å². The van der Waals surface area contributed by atoms with Gasteiger partial charge in [0.15, 0.2) is 0 Å². The minimum Gasteiger partial charge on any atom is -0.481 e. The number of hydrogen-bond donors (Lipinski definition) is 2. The van der Waals surface area contributed by atoms with Crippen LogP contribution in [-0.4, -0.2) is 41.3 Å². The molecule has 8 rings (SSSR count). The third-order valence-corrected chi connectivity index (χ3v) is 10.8. The summed E-state index contributed by atoms with van der Waals surface area (Å²) in [7, 11) is 0. The van der Waals surface area contributed by atoms with Gasteiger partial charge in [-0.2, -0.15) is 0 Å². The summed E-state index contributed by atoms with van der Waals surface area (Å²) in [5, 5.41) is 17.7. The van der Waals surface area contributed by atoms with E-state index in [1.807, 2.05) is 85.7 Å². The number of aliphatic carboxylic acids is 2. The first kappa shape index (κ1) is 42.9. The summed E-state index contributed by atoms with van der Waals surface area (Å²) in [5.74, 6) is -1.74. The van der Waals surface area contributed by atoms with Crippen LogP contribution in [0.5, 0.6) is 0 Å². The van der Waals surface area contributed by atoms with Gasteiger partial charge in [0.1, 0.15) is 11.1 Å². The molecule has 0 aliphatic carbocycles. The summed E-state index contributed by atoms with van der Waals surface area (Å²) in [6.07, 6.45) is 12.3. The maximum atomic E-state index is 9.90. The monoisotopic (exact) mass is 834 g/mol. The fourth-order valence-corrected chi connectivity index (χ4v) is 8.07. The molecule has 0 atom stereocenters. The topological polar surface area (TPSA) is 110 Å². The van der Waals surface area contributed by atoms with Gasteiger partial charge in [0.2, 0.25) is 0 Å². The molecule has 302 valence electrons. The Hall–Kier alpha value is -6.74. The van der Waals surface area contributed by atoms with Gasteiger partial charge in [-0.1, -0.05) is 181 Å². The lowest BCUT2D eigenvalue weighted by atomic mass is 9.76. The van der Waals surface area contributed by atoms with E-state index in [9.17, 15) is 9.59 Å². The number of rotatable bonds is 13. The lowest BCUT2D eigenvalue weighted by Crippen LogP contribution is -2.37. The van der Waals surface area contributed by atoms with Crippen molar-refractivity contribution in [2.45, 2.75) is 36.8 Å². The van der Waals surface area contributed by atoms with Crippen molar-refractivity contribution in [1.29, 1.82) is 0 Å². The average molecular weight is 836 g/mol. The van der Waals surface area contributed by atoms with Gasteiger partial charge in [-0.25, -0.2) is 9.97 Å². The van der Waals surface area contributed by atoms with Crippen LogP contribution in [0.25, 0.3) is 0 Å². The smallest absolute Gasteiger partial charge is 0.303 e. The maximum Gasteiger partial charge on any atom is 0.303 e. The number of carboxylic acids is 2. The van der Waals surface area contributed by atoms with Crippen LogP contribution in [0.3, 0.4) is 0 Å². The van der Waals surface area contributed by atoms with Crippen LogP contribution in [0.15, 0.2) is 207 Å². The van der Waals surface area contributed by atoms with Crippen molar-refractivity contribution in [3.05, 3.63) is 251 Å². The van der Waals surface area contributed by atoms with Crippen LogP contribution in [0, 0.1) is 0 Å². The normalized spacial score (nSPS) is 11.0. The molecule has 8 nitrogen and oxygen atoms in total. The molecule has 6 aromatic carbocycles. The van der Waals surface area contributed by atoms with Crippen molar-refractivity contribution in [3.8, 4) is 0 Å². The number of hydrogen-bond acceptors (Lipinski definition) is 4. The summed E-state index contributed by atoms with van der Waals surface area (Å²) in [6.45, 7) is 0. The molecular formula is C50H44Cl2N4O4. The Labute approximate surface area is 360 Å². The standard InChI is InChI=1S/2C22H17ClN2.C6H10O4/c2*23-21-14-8-7-13-20(21)22(25-16-15-24-17-25,18-9-3-1-4-10-18)19-11-5-2-6-12-19;7-5(8)3-1-2-4-6(9)10/h2*1-17H;1-4H2,(H,7,8)(H,9,10). The number of carbonyl (C=O) groups is 2. The first-order valence-electron chi connectivity index (χ1n) is 19.4. The molecular weight excluding hydrogens is 791 g/mol. The highest BCUT2D eigenvalue weighted by atomic mass is 35.5. The zero-order valence-corrected chi connectivity index (χ0v) is 34.2. The molecule has 0 aliphatic rings. The number of nitrogens with zero attached hydrogens (tertiary/aromatic N) is 4. The number of unbranched alkanes of at least 4 members (excludes halogenated alkanes) is 1. The van der Waals surface area contributed by atoms with Gasteiger partial charge in [-0.15, -0.1) is 0 Å². The average Bonchev–Trinajstić information content (AvgIpc) is 4.03. The fraction of sp³-hybridized carbons (Fsp3) is 0.120. The number of benzene rings is 6. The zero-order chi connectivity index (χ0) is 42.2. The van der Waals surface area contributed by atoms with Gasteiger partial charge in [-0.05, 0) is 47.2 Å². The number of aromatic nitrogens is 4. The van der Waals surface area contributed by atoms with Crippen molar-refractivity contribution in [2.24, 2.45) is 0 Å². The van der Waals surface area contributed by atoms with Gasteiger partial charge in [0.25, 0.3) is 0 Å². The molecule has 60 heavy (non-hydrogen) atoms. The van der Waals surface area contributed by atoms with E-state index >= 15 is 0 Å². The van der Waals surface area contributed by atoms with Crippen LogP contribution in [0.1, 0.15) is 59.1 Å². The molecule has 0 unspecified atom stereocenters. The third-order valence-electron chi connectivity index (χ3n) is 10.1. The molecule has 2 N–H and O–H groups in total. The van der Waals surface area contributed by atoms with Crippen LogP contribution < -0.4 is 0 Å². The highest BCUT2D eigenvalue weighted by Gasteiger charge is 2.40. The Morgan fingerprint density at radius 2 is 0.733 bits per heavy atom. The minimum absolute atomic E-state index is 0.0628. The molecule has 0 saturated carbocycles. The maximum absolute atomic E-state index is 9.90. The molecule has 0 spiro atoms. The van der Waals surface area contributed by atoms with E-state index in [1.54, 1.807) is 12.4 Å². The summed E-state index contributed by atoms with van der Waals surface area (Å²) < 4.78 is 4.25. The van der Waals surface area contributed by atoms with Crippen molar-refractivity contribution in [1.82, 2.24) is 19.1 Å². The van der Waals surface area contributed by atoms with Crippen LogP contribution >= 0.6 is 23.2 Å². The molecule has 0 saturated heterocycles. The molecule has 2 aromatic heterocycles. The van der Waals surface area contributed by atoms with Crippen LogP contribution in [-0.2, 0) is 20.7 Å². The van der Waals surface area contributed by atoms with Gasteiger partial charge >= 0.3 is 11.9 Å². The van der Waals surface area contributed by atoms with E-state index in [0.29, 0.717) is 12.8 Å². The van der Waals surface area contributed by atoms with Crippen molar-refractivity contribution in [3.63, 3.8) is 0 Å². The Kier molecular flexibility index (Phi) is 14.9. The van der Waals surface area contributed by atoms with E-state index < -0.39 is 23.0 Å². The van der Waals surface area contributed by atoms with Crippen molar-refractivity contribution >= 4 is 35.1 Å². The highest BCUT2D eigenvalue weighted by Crippen LogP contribution is 2.44. The molecule has 0 fully saturated rings. The molecule has 0 aliphatic heterocycles. The Balaban J connectivity index is 0.000000165. The molecule has 8 aromatic rings. The summed E-state index contributed by atoms with van der Waals surface area (Å²) >= 11 is 13.4. The lowest BCUT2D eigenvalue weighted by Gasteiger charge is -2.37. The largest absolute Gasteiger partial charge is 0.481 e. The van der Waals surface area contributed by atoms with Gasteiger partial charge in [-0.3, -0.25) is 9.59 Å². The van der Waals surface area contributed by atoms with E-state index in [4.69, 9.17) is 33.4 Å².